The fraction of sp³-hybridized carbons (Fsp3) is 0.565. The number of likely N-dealkylation sites (tertiary alicyclic amines) is 1. The van der Waals surface area contributed by atoms with Crippen molar-refractivity contribution in [2.75, 3.05) is 25.5 Å². The van der Waals surface area contributed by atoms with Crippen LogP contribution in [0.2, 0.25) is 0 Å². The van der Waals surface area contributed by atoms with Crippen molar-refractivity contribution in [1.29, 1.82) is 0 Å². The molecule has 1 N–H and O–H groups in total. The monoisotopic (exact) mass is 383 g/mol. The molecule has 2 atom stereocenters. The summed E-state index contributed by atoms with van der Waals surface area (Å²) in [5.74, 6) is 2.41. The first kappa shape index (κ1) is 20.6. The van der Waals surface area contributed by atoms with Crippen LogP contribution in [-0.4, -0.2) is 36.1 Å². The lowest BCUT2D eigenvalue weighted by atomic mass is 9.83. The van der Waals surface area contributed by atoms with Gasteiger partial charge in [-0.1, -0.05) is 24.2 Å². The first-order valence-electron chi connectivity index (χ1n) is 10.4. The number of rotatable bonds is 7. The Balaban J connectivity index is 1.44. The summed E-state index contributed by atoms with van der Waals surface area (Å²) in [5.41, 5.74) is 4.11. The molecular weight excluding hydrogens is 350 g/mol. The van der Waals surface area contributed by atoms with Crippen LogP contribution in [-0.2, 0) is 17.6 Å². The molecule has 1 fully saturated rings. The van der Waals surface area contributed by atoms with Gasteiger partial charge < -0.3 is 14.7 Å². The van der Waals surface area contributed by atoms with Gasteiger partial charge in [0.25, 0.3) is 0 Å². The van der Waals surface area contributed by atoms with Gasteiger partial charge in [-0.25, -0.2) is 0 Å². The Kier molecular flexibility index (Phi) is 6.89. The van der Waals surface area contributed by atoms with Crippen molar-refractivity contribution in [3.63, 3.8) is 0 Å². The summed E-state index contributed by atoms with van der Waals surface area (Å²) in [4.78, 5) is 14.7. The molecule has 0 unspecified atom stereocenters. The smallest absolute Gasteiger partial charge is 0.224 e. The van der Waals surface area contributed by atoms with Crippen LogP contribution >= 0.6 is 0 Å². The summed E-state index contributed by atoms with van der Waals surface area (Å²) >= 11 is 0. The molecule has 2 heterocycles. The molecule has 1 aromatic heterocycles. The Morgan fingerprint density at radius 1 is 1.25 bits per heavy atom. The maximum absolute atomic E-state index is 12.2. The van der Waals surface area contributed by atoms with E-state index in [4.69, 9.17) is 4.52 Å². The zero-order chi connectivity index (χ0) is 20.1. The highest BCUT2D eigenvalue weighted by molar-refractivity contribution is 5.90. The minimum Gasteiger partial charge on any atom is -0.361 e. The number of anilines is 1. The van der Waals surface area contributed by atoms with Crippen molar-refractivity contribution in [2.45, 2.75) is 52.9 Å². The maximum Gasteiger partial charge on any atom is 0.224 e. The predicted octanol–water partition coefficient (Wildman–Crippen LogP) is 4.38. The normalized spacial score (nSPS) is 20.3. The standard InChI is InChI=1S/C23H33N3O2/c1-16-15-26(4)14-13-20(16)8-5-19-6-9-21(10-7-19)24-23(27)12-11-22-17(2)25-28-18(22)3/h6-7,9-10,16,20H,5,8,11-15H2,1-4H3,(H,24,27)/t16-,20-/m0/s1. The minimum absolute atomic E-state index is 0.0212. The van der Waals surface area contributed by atoms with Crippen molar-refractivity contribution in [3.8, 4) is 0 Å². The van der Waals surface area contributed by atoms with Crippen LogP contribution in [0, 0.1) is 25.7 Å². The van der Waals surface area contributed by atoms with Gasteiger partial charge in [-0.05, 0) is 82.7 Å². The van der Waals surface area contributed by atoms with E-state index in [-0.39, 0.29) is 5.91 Å². The number of aryl methyl sites for hydroxylation is 3. The molecule has 1 saturated heterocycles. The van der Waals surface area contributed by atoms with Gasteiger partial charge in [-0.15, -0.1) is 0 Å². The molecule has 1 amide bonds. The lowest BCUT2D eigenvalue weighted by Gasteiger charge is -2.34. The molecule has 0 aliphatic carbocycles. The highest BCUT2D eigenvalue weighted by atomic mass is 16.5. The molecule has 0 bridgehead atoms. The summed E-state index contributed by atoms with van der Waals surface area (Å²) in [5, 5.41) is 6.93. The first-order chi connectivity index (χ1) is 13.4. The van der Waals surface area contributed by atoms with Gasteiger partial charge in [-0.3, -0.25) is 4.79 Å². The zero-order valence-electron chi connectivity index (χ0n) is 17.6. The molecule has 28 heavy (non-hydrogen) atoms. The second-order valence-electron chi connectivity index (χ2n) is 8.37. The third kappa shape index (κ3) is 5.44. The highest BCUT2D eigenvalue weighted by Gasteiger charge is 2.23. The average Bonchev–Trinajstić information content (AvgIpc) is 2.98. The van der Waals surface area contributed by atoms with E-state index in [0.717, 1.165) is 41.0 Å². The number of piperidine rings is 1. The minimum atomic E-state index is 0.0212. The van der Waals surface area contributed by atoms with Gasteiger partial charge in [0, 0.05) is 24.2 Å². The Morgan fingerprint density at radius 2 is 2.00 bits per heavy atom. The lowest BCUT2D eigenvalue weighted by Crippen LogP contribution is -2.36. The summed E-state index contributed by atoms with van der Waals surface area (Å²) in [6, 6.07) is 8.31. The number of hydrogen-bond acceptors (Lipinski definition) is 4. The van der Waals surface area contributed by atoms with E-state index < -0.39 is 0 Å². The van der Waals surface area contributed by atoms with E-state index in [1.54, 1.807) is 0 Å². The fourth-order valence-corrected chi connectivity index (χ4v) is 4.26. The number of carbonyl (C=O) groups is 1. The van der Waals surface area contributed by atoms with Crippen LogP contribution in [0.3, 0.4) is 0 Å². The van der Waals surface area contributed by atoms with E-state index in [2.05, 4.69) is 41.5 Å². The second kappa shape index (κ2) is 9.37. The van der Waals surface area contributed by atoms with Crippen molar-refractivity contribution < 1.29 is 9.32 Å². The molecule has 5 heteroatoms. The Bertz CT molecular complexity index is 762. The molecule has 1 aliphatic heterocycles. The number of aromatic nitrogens is 1. The Labute approximate surface area is 168 Å². The van der Waals surface area contributed by atoms with Crippen LogP contribution in [0.4, 0.5) is 5.69 Å². The molecule has 0 radical (unpaired) electrons. The van der Waals surface area contributed by atoms with Gasteiger partial charge in [-0.2, -0.15) is 0 Å². The summed E-state index contributed by atoms with van der Waals surface area (Å²) in [6.45, 7) is 8.60. The maximum atomic E-state index is 12.2. The topological polar surface area (TPSA) is 58.4 Å². The van der Waals surface area contributed by atoms with Crippen molar-refractivity contribution in [1.82, 2.24) is 10.1 Å². The van der Waals surface area contributed by atoms with E-state index in [1.165, 1.54) is 31.5 Å². The summed E-state index contributed by atoms with van der Waals surface area (Å²) in [7, 11) is 2.22. The molecule has 1 aromatic carbocycles. The average molecular weight is 384 g/mol. The van der Waals surface area contributed by atoms with Gasteiger partial charge in [0.1, 0.15) is 5.76 Å². The van der Waals surface area contributed by atoms with Crippen LogP contribution < -0.4 is 5.32 Å². The zero-order valence-corrected chi connectivity index (χ0v) is 17.6. The van der Waals surface area contributed by atoms with E-state index >= 15 is 0 Å². The first-order valence-corrected chi connectivity index (χ1v) is 10.4. The number of hydrogen-bond donors (Lipinski definition) is 1. The van der Waals surface area contributed by atoms with Crippen LogP contribution in [0.5, 0.6) is 0 Å². The highest BCUT2D eigenvalue weighted by Crippen LogP contribution is 2.27. The fourth-order valence-electron chi connectivity index (χ4n) is 4.26. The van der Waals surface area contributed by atoms with E-state index in [9.17, 15) is 4.79 Å². The number of benzene rings is 1. The molecule has 5 nitrogen and oxygen atoms in total. The van der Waals surface area contributed by atoms with E-state index in [0.29, 0.717) is 12.8 Å². The van der Waals surface area contributed by atoms with Gasteiger partial charge >= 0.3 is 0 Å². The number of carbonyl (C=O) groups excluding carboxylic acids is 1. The van der Waals surface area contributed by atoms with E-state index in [1.807, 2.05) is 26.0 Å². The van der Waals surface area contributed by atoms with Gasteiger partial charge in [0.15, 0.2) is 0 Å². The quantitative estimate of drug-likeness (QED) is 0.771. The Morgan fingerprint density at radius 3 is 2.64 bits per heavy atom. The number of amides is 1. The largest absolute Gasteiger partial charge is 0.361 e. The molecular formula is C23H33N3O2. The number of nitrogens with one attached hydrogen (secondary N) is 1. The van der Waals surface area contributed by atoms with Crippen LogP contribution in [0.25, 0.3) is 0 Å². The number of nitrogens with zero attached hydrogens (tertiary/aromatic N) is 2. The molecule has 3 rings (SSSR count). The molecule has 0 saturated carbocycles. The molecule has 0 spiro atoms. The van der Waals surface area contributed by atoms with Gasteiger partial charge in [0.2, 0.25) is 5.91 Å². The second-order valence-corrected chi connectivity index (χ2v) is 8.37. The molecule has 152 valence electrons. The molecule has 1 aliphatic rings. The van der Waals surface area contributed by atoms with Gasteiger partial charge in [0.05, 0.1) is 5.69 Å². The summed E-state index contributed by atoms with van der Waals surface area (Å²) < 4.78 is 5.15. The van der Waals surface area contributed by atoms with Crippen LogP contribution in [0.1, 0.15) is 48.8 Å². The third-order valence-corrected chi connectivity index (χ3v) is 6.11. The molecule has 2 aromatic rings. The summed E-state index contributed by atoms with van der Waals surface area (Å²) in [6.07, 6.45) is 4.74. The van der Waals surface area contributed by atoms with Crippen molar-refractivity contribution in [2.24, 2.45) is 11.8 Å². The van der Waals surface area contributed by atoms with Crippen molar-refractivity contribution >= 4 is 11.6 Å². The Hall–Kier alpha value is -2.14. The third-order valence-electron chi connectivity index (χ3n) is 6.11. The van der Waals surface area contributed by atoms with Crippen LogP contribution in [0.15, 0.2) is 28.8 Å². The lowest BCUT2D eigenvalue weighted by molar-refractivity contribution is -0.116. The SMILES string of the molecule is Cc1noc(C)c1CCC(=O)Nc1ccc(CC[C@H]2CCN(C)C[C@@H]2C)cc1. The van der Waals surface area contributed by atoms with Crippen molar-refractivity contribution in [3.05, 3.63) is 46.8 Å². The predicted molar refractivity (Wildman–Crippen MR) is 112 cm³/mol.